The van der Waals surface area contributed by atoms with Gasteiger partial charge in [-0.15, -0.1) is 0 Å². The van der Waals surface area contributed by atoms with E-state index in [9.17, 15) is 4.39 Å². The highest BCUT2D eigenvalue weighted by molar-refractivity contribution is 9.10. The molecule has 1 atom stereocenters. The molecular formula is C10H13BrFNO. The Hall–Kier alpha value is -0.610. The van der Waals surface area contributed by atoms with E-state index in [0.717, 1.165) is 4.47 Å². The third-order valence-electron chi connectivity index (χ3n) is 1.96. The number of hydrogen-bond donors (Lipinski definition) is 1. The molecule has 78 valence electrons. The van der Waals surface area contributed by atoms with Gasteiger partial charge < -0.3 is 10.5 Å². The number of hydrogen-bond acceptors (Lipinski definition) is 2. The Morgan fingerprint density at radius 3 is 2.86 bits per heavy atom. The first-order valence-electron chi connectivity index (χ1n) is 4.37. The molecule has 2 N–H and O–H groups in total. The highest BCUT2D eigenvalue weighted by Crippen LogP contribution is 2.35. The summed E-state index contributed by atoms with van der Waals surface area (Å²) in [7, 11) is 1.53. The van der Waals surface area contributed by atoms with Crippen LogP contribution >= 0.6 is 15.9 Å². The summed E-state index contributed by atoms with van der Waals surface area (Å²) in [4.78, 5) is 0. The largest absolute Gasteiger partial charge is 0.495 e. The second-order valence-corrected chi connectivity index (χ2v) is 3.76. The maximum Gasteiger partial charge on any atom is 0.139 e. The summed E-state index contributed by atoms with van der Waals surface area (Å²) in [5, 5.41) is 0. The van der Waals surface area contributed by atoms with Crippen LogP contribution < -0.4 is 10.5 Å². The van der Waals surface area contributed by atoms with Crippen LogP contribution in [0, 0.1) is 0 Å². The summed E-state index contributed by atoms with van der Waals surface area (Å²) in [6.07, 6.45) is -0.750. The van der Waals surface area contributed by atoms with Gasteiger partial charge in [0.25, 0.3) is 0 Å². The fourth-order valence-electron chi connectivity index (χ4n) is 1.29. The van der Waals surface area contributed by atoms with E-state index < -0.39 is 6.17 Å². The highest BCUT2D eigenvalue weighted by atomic mass is 79.9. The Morgan fingerprint density at radius 2 is 2.29 bits per heavy atom. The van der Waals surface area contributed by atoms with E-state index in [-0.39, 0.29) is 0 Å². The molecule has 0 aliphatic rings. The normalized spacial score (nSPS) is 12.6. The molecule has 2 nitrogen and oxygen atoms in total. The van der Waals surface area contributed by atoms with Gasteiger partial charge in [-0.3, -0.25) is 0 Å². The number of benzene rings is 1. The Bertz CT molecular complexity index is 306. The van der Waals surface area contributed by atoms with Crippen molar-refractivity contribution in [2.24, 2.45) is 5.73 Å². The Morgan fingerprint density at radius 1 is 1.57 bits per heavy atom. The second kappa shape index (κ2) is 5.32. The number of halogens is 2. The SMILES string of the molecule is COc1c(Br)cccc1C(F)CCN. The molecule has 0 amide bonds. The van der Waals surface area contributed by atoms with Crippen LogP contribution in [0.5, 0.6) is 5.75 Å². The van der Waals surface area contributed by atoms with Crippen LogP contribution in [0.4, 0.5) is 4.39 Å². The van der Waals surface area contributed by atoms with Crippen molar-refractivity contribution in [2.75, 3.05) is 13.7 Å². The molecule has 0 radical (unpaired) electrons. The smallest absolute Gasteiger partial charge is 0.139 e. The van der Waals surface area contributed by atoms with E-state index in [1.807, 2.05) is 6.07 Å². The van der Waals surface area contributed by atoms with Gasteiger partial charge in [0.1, 0.15) is 11.9 Å². The quantitative estimate of drug-likeness (QED) is 0.905. The lowest BCUT2D eigenvalue weighted by atomic mass is 10.1. The summed E-state index contributed by atoms with van der Waals surface area (Å²) in [6.45, 7) is 0.330. The molecule has 0 aromatic heterocycles. The van der Waals surface area contributed by atoms with Crippen LogP contribution in [0.2, 0.25) is 0 Å². The maximum atomic E-state index is 13.6. The topological polar surface area (TPSA) is 35.2 Å². The van der Waals surface area contributed by atoms with E-state index in [1.165, 1.54) is 7.11 Å². The van der Waals surface area contributed by atoms with Crippen LogP contribution in [-0.4, -0.2) is 13.7 Å². The zero-order chi connectivity index (χ0) is 10.6. The van der Waals surface area contributed by atoms with E-state index in [1.54, 1.807) is 12.1 Å². The monoisotopic (exact) mass is 261 g/mol. The number of methoxy groups -OCH3 is 1. The molecule has 1 aromatic rings. The van der Waals surface area contributed by atoms with Crippen molar-refractivity contribution in [1.29, 1.82) is 0 Å². The molecular weight excluding hydrogens is 249 g/mol. The van der Waals surface area contributed by atoms with Gasteiger partial charge in [0.15, 0.2) is 0 Å². The highest BCUT2D eigenvalue weighted by Gasteiger charge is 2.15. The van der Waals surface area contributed by atoms with E-state index in [2.05, 4.69) is 15.9 Å². The van der Waals surface area contributed by atoms with E-state index >= 15 is 0 Å². The summed E-state index contributed by atoms with van der Waals surface area (Å²) < 4.78 is 19.5. The molecule has 0 saturated carbocycles. The molecule has 1 aromatic carbocycles. The van der Waals surface area contributed by atoms with Crippen LogP contribution in [0.15, 0.2) is 22.7 Å². The number of ether oxygens (including phenoxy) is 1. The lowest BCUT2D eigenvalue weighted by molar-refractivity contribution is 0.310. The lowest BCUT2D eigenvalue weighted by Gasteiger charge is -2.13. The molecule has 14 heavy (non-hydrogen) atoms. The first kappa shape index (κ1) is 11.5. The molecule has 0 saturated heterocycles. The van der Waals surface area contributed by atoms with E-state index in [0.29, 0.717) is 24.3 Å². The average molecular weight is 262 g/mol. The molecule has 0 aliphatic heterocycles. The van der Waals surface area contributed by atoms with Crippen molar-refractivity contribution >= 4 is 15.9 Å². The Kier molecular flexibility index (Phi) is 4.35. The summed E-state index contributed by atoms with van der Waals surface area (Å²) in [5.41, 5.74) is 5.85. The molecule has 0 bridgehead atoms. The number of rotatable bonds is 4. The Labute approximate surface area is 91.4 Å². The van der Waals surface area contributed by atoms with E-state index in [4.69, 9.17) is 10.5 Å². The summed E-state index contributed by atoms with van der Waals surface area (Å²) in [6, 6.07) is 5.31. The van der Waals surface area contributed by atoms with Crippen molar-refractivity contribution in [1.82, 2.24) is 0 Å². The van der Waals surface area contributed by atoms with Crippen LogP contribution in [-0.2, 0) is 0 Å². The summed E-state index contributed by atoms with van der Waals surface area (Å²) >= 11 is 3.30. The number of alkyl halides is 1. The molecule has 1 rings (SSSR count). The summed E-state index contributed by atoms with van der Waals surface area (Å²) in [5.74, 6) is 0.549. The second-order valence-electron chi connectivity index (χ2n) is 2.91. The first-order chi connectivity index (χ1) is 6.70. The molecule has 0 fully saturated rings. The number of nitrogens with two attached hydrogens (primary N) is 1. The molecule has 0 aliphatic carbocycles. The van der Waals surface area contributed by atoms with Crippen molar-refractivity contribution in [2.45, 2.75) is 12.6 Å². The third-order valence-corrected chi connectivity index (χ3v) is 2.58. The third kappa shape index (κ3) is 2.45. The molecule has 4 heteroatoms. The van der Waals surface area contributed by atoms with Crippen molar-refractivity contribution in [3.63, 3.8) is 0 Å². The van der Waals surface area contributed by atoms with Gasteiger partial charge in [-0.05, 0) is 35.0 Å². The van der Waals surface area contributed by atoms with Gasteiger partial charge in [-0.2, -0.15) is 0 Å². The van der Waals surface area contributed by atoms with Gasteiger partial charge in [-0.25, -0.2) is 4.39 Å². The van der Waals surface area contributed by atoms with Crippen LogP contribution in [0.3, 0.4) is 0 Å². The average Bonchev–Trinajstić information content (AvgIpc) is 2.17. The van der Waals surface area contributed by atoms with Gasteiger partial charge in [0.05, 0.1) is 11.6 Å². The van der Waals surface area contributed by atoms with Gasteiger partial charge in [-0.1, -0.05) is 12.1 Å². The molecule has 0 spiro atoms. The minimum absolute atomic E-state index is 0.312. The van der Waals surface area contributed by atoms with Crippen molar-refractivity contribution < 1.29 is 9.13 Å². The fraction of sp³-hybridized carbons (Fsp3) is 0.400. The fourth-order valence-corrected chi connectivity index (χ4v) is 1.83. The standard InChI is InChI=1S/C10H13BrFNO/c1-14-10-7(9(12)5-6-13)3-2-4-8(10)11/h2-4,9H,5-6,13H2,1H3. The maximum absolute atomic E-state index is 13.6. The van der Waals surface area contributed by atoms with Gasteiger partial charge in [0, 0.05) is 5.56 Å². The zero-order valence-electron chi connectivity index (χ0n) is 7.97. The van der Waals surface area contributed by atoms with Crippen molar-refractivity contribution in [3.05, 3.63) is 28.2 Å². The zero-order valence-corrected chi connectivity index (χ0v) is 9.55. The number of para-hydroxylation sites is 1. The minimum atomic E-state index is -1.06. The predicted octanol–water partition coefficient (Wildman–Crippen LogP) is 2.82. The molecule has 1 unspecified atom stereocenters. The first-order valence-corrected chi connectivity index (χ1v) is 5.16. The lowest BCUT2D eigenvalue weighted by Crippen LogP contribution is -2.05. The van der Waals surface area contributed by atoms with Gasteiger partial charge >= 0.3 is 0 Å². The van der Waals surface area contributed by atoms with Crippen LogP contribution in [0.25, 0.3) is 0 Å². The Balaban J connectivity index is 3.00. The van der Waals surface area contributed by atoms with Crippen molar-refractivity contribution in [3.8, 4) is 5.75 Å². The van der Waals surface area contributed by atoms with Gasteiger partial charge in [0.2, 0.25) is 0 Å². The predicted molar refractivity (Wildman–Crippen MR) is 58.2 cm³/mol. The minimum Gasteiger partial charge on any atom is -0.495 e. The van der Waals surface area contributed by atoms with Crippen LogP contribution in [0.1, 0.15) is 18.2 Å². The molecule has 0 heterocycles.